The van der Waals surface area contributed by atoms with Crippen LogP contribution in [0.3, 0.4) is 0 Å². The Labute approximate surface area is 124 Å². The van der Waals surface area contributed by atoms with Crippen LogP contribution in [0.15, 0.2) is 24.4 Å². The normalized spacial score (nSPS) is 10.7. The smallest absolute Gasteiger partial charge is 0.222 e. The van der Waals surface area contributed by atoms with Crippen molar-refractivity contribution in [2.24, 2.45) is 5.73 Å². The first-order chi connectivity index (χ1) is 9.51. The summed E-state index contributed by atoms with van der Waals surface area (Å²) in [4.78, 5) is 4.39. The Bertz CT molecular complexity index is 603. The average molecular weight is 291 g/mol. The minimum Gasteiger partial charge on any atom is -0.438 e. The van der Waals surface area contributed by atoms with Crippen molar-refractivity contribution >= 4 is 11.6 Å². The SMILES string of the molecule is Cc1cc(CCN)cnc1Oc1c(C)cc(Cl)cc1C. The van der Waals surface area contributed by atoms with Crippen LogP contribution >= 0.6 is 11.6 Å². The zero-order valence-corrected chi connectivity index (χ0v) is 12.8. The van der Waals surface area contributed by atoms with E-state index in [0.717, 1.165) is 39.4 Å². The number of rotatable bonds is 4. The fourth-order valence-corrected chi connectivity index (χ4v) is 2.51. The second kappa shape index (κ2) is 6.25. The highest BCUT2D eigenvalue weighted by Crippen LogP contribution is 2.31. The maximum absolute atomic E-state index is 6.03. The number of ether oxygens (including phenoxy) is 1. The lowest BCUT2D eigenvalue weighted by Crippen LogP contribution is -2.04. The Morgan fingerprint density at radius 2 is 1.75 bits per heavy atom. The molecule has 1 heterocycles. The highest BCUT2D eigenvalue weighted by Gasteiger charge is 2.10. The van der Waals surface area contributed by atoms with Gasteiger partial charge in [-0.05, 0) is 68.6 Å². The van der Waals surface area contributed by atoms with E-state index in [1.54, 1.807) is 0 Å². The summed E-state index contributed by atoms with van der Waals surface area (Å²) in [7, 11) is 0. The molecule has 2 aromatic rings. The number of nitrogens with zero attached hydrogens (tertiary/aromatic N) is 1. The van der Waals surface area contributed by atoms with Crippen molar-refractivity contribution < 1.29 is 4.74 Å². The van der Waals surface area contributed by atoms with Crippen molar-refractivity contribution in [2.45, 2.75) is 27.2 Å². The van der Waals surface area contributed by atoms with Crippen LogP contribution in [0.4, 0.5) is 0 Å². The van der Waals surface area contributed by atoms with Gasteiger partial charge in [-0.1, -0.05) is 11.6 Å². The minimum atomic E-state index is 0.622. The van der Waals surface area contributed by atoms with Crippen molar-refractivity contribution in [1.29, 1.82) is 0 Å². The molecule has 0 saturated heterocycles. The number of benzene rings is 1. The van der Waals surface area contributed by atoms with Crippen LogP contribution in [0.2, 0.25) is 5.02 Å². The standard InChI is InChI=1S/C16H19ClN2O/c1-10-7-14(17)8-11(2)15(10)20-16-12(3)6-13(4-5-18)9-19-16/h6-9H,4-5,18H2,1-3H3. The van der Waals surface area contributed by atoms with E-state index in [0.29, 0.717) is 12.4 Å². The van der Waals surface area contributed by atoms with Crippen molar-refractivity contribution in [3.8, 4) is 11.6 Å². The van der Waals surface area contributed by atoms with Gasteiger partial charge in [-0.25, -0.2) is 4.98 Å². The van der Waals surface area contributed by atoms with Gasteiger partial charge in [0.1, 0.15) is 5.75 Å². The molecule has 0 amide bonds. The topological polar surface area (TPSA) is 48.1 Å². The monoisotopic (exact) mass is 290 g/mol. The molecule has 0 spiro atoms. The van der Waals surface area contributed by atoms with Gasteiger partial charge in [-0.15, -0.1) is 0 Å². The molecule has 0 bridgehead atoms. The second-order valence-corrected chi connectivity index (χ2v) is 5.41. The van der Waals surface area contributed by atoms with Gasteiger partial charge in [0.05, 0.1) is 0 Å². The molecule has 0 fully saturated rings. The number of aryl methyl sites for hydroxylation is 3. The predicted molar refractivity (Wildman–Crippen MR) is 82.7 cm³/mol. The third-order valence-corrected chi connectivity index (χ3v) is 3.36. The summed E-state index contributed by atoms with van der Waals surface area (Å²) in [6.45, 7) is 6.57. The highest BCUT2D eigenvalue weighted by molar-refractivity contribution is 6.30. The first-order valence-electron chi connectivity index (χ1n) is 6.61. The molecule has 2 rings (SSSR count). The van der Waals surface area contributed by atoms with E-state index >= 15 is 0 Å². The molecular weight excluding hydrogens is 272 g/mol. The molecule has 0 radical (unpaired) electrons. The lowest BCUT2D eigenvalue weighted by molar-refractivity contribution is 0.451. The quantitative estimate of drug-likeness (QED) is 0.927. The fourth-order valence-electron chi connectivity index (χ4n) is 2.19. The molecule has 0 aliphatic heterocycles. The predicted octanol–water partition coefficient (Wildman–Crippen LogP) is 3.95. The third-order valence-electron chi connectivity index (χ3n) is 3.14. The van der Waals surface area contributed by atoms with Crippen LogP contribution in [-0.4, -0.2) is 11.5 Å². The summed E-state index contributed by atoms with van der Waals surface area (Å²) in [5.74, 6) is 1.44. The molecule has 0 saturated carbocycles. The molecule has 1 aromatic carbocycles. The lowest BCUT2D eigenvalue weighted by Gasteiger charge is -2.13. The summed E-state index contributed by atoms with van der Waals surface area (Å²) in [5.41, 5.74) is 9.69. The molecule has 4 heteroatoms. The van der Waals surface area contributed by atoms with Gasteiger partial charge in [-0.2, -0.15) is 0 Å². The zero-order valence-electron chi connectivity index (χ0n) is 12.0. The highest BCUT2D eigenvalue weighted by atomic mass is 35.5. The Kier molecular flexibility index (Phi) is 4.63. The molecule has 0 aliphatic rings. The summed E-state index contributed by atoms with van der Waals surface area (Å²) in [6, 6.07) is 5.85. The fraction of sp³-hybridized carbons (Fsp3) is 0.312. The Balaban J connectivity index is 2.31. The van der Waals surface area contributed by atoms with Crippen molar-refractivity contribution in [3.05, 3.63) is 51.7 Å². The number of nitrogens with two attached hydrogens (primary N) is 1. The Hall–Kier alpha value is -1.58. The molecule has 2 N–H and O–H groups in total. The van der Waals surface area contributed by atoms with E-state index in [1.807, 2.05) is 39.1 Å². The number of aromatic nitrogens is 1. The second-order valence-electron chi connectivity index (χ2n) is 4.98. The Morgan fingerprint density at radius 1 is 1.10 bits per heavy atom. The van der Waals surface area contributed by atoms with E-state index in [4.69, 9.17) is 22.1 Å². The van der Waals surface area contributed by atoms with Gasteiger partial charge in [0, 0.05) is 16.8 Å². The van der Waals surface area contributed by atoms with Crippen LogP contribution < -0.4 is 10.5 Å². The molecular formula is C16H19ClN2O. The van der Waals surface area contributed by atoms with Crippen LogP contribution in [0.25, 0.3) is 0 Å². The third kappa shape index (κ3) is 3.30. The summed E-state index contributed by atoms with van der Waals surface area (Å²) < 4.78 is 5.96. The molecule has 20 heavy (non-hydrogen) atoms. The summed E-state index contributed by atoms with van der Waals surface area (Å²) in [6.07, 6.45) is 2.64. The van der Waals surface area contributed by atoms with E-state index in [9.17, 15) is 0 Å². The maximum Gasteiger partial charge on any atom is 0.222 e. The number of hydrogen-bond donors (Lipinski definition) is 1. The van der Waals surface area contributed by atoms with Gasteiger partial charge < -0.3 is 10.5 Å². The number of pyridine rings is 1. The molecule has 106 valence electrons. The molecule has 0 atom stereocenters. The van der Waals surface area contributed by atoms with Gasteiger partial charge in [0.2, 0.25) is 5.88 Å². The van der Waals surface area contributed by atoms with Gasteiger partial charge in [-0.3, -0.25) is 0 Å². The molecule has 0 unspecified atom stereocenters. The number of halogens is 1. The average Bonchev–Trinajstić information content (AvgIpc) is 2.36. The lowest BCUT2D eigenvalue weighted by atomic mass is 10.1. The number of hydrogen-bond acceptors (Lipinski definition) is 3. The minimum absolute atomic E-state index is 0.622. The van der Waals surface area contributed by atoms with Crippen LogP contribution in [-0.2, 0) is 6.42 Å². The molecule has 1 aromatic heterocycles. The van der Waals surface area contributed by atoms with E-state index < -0.39 is 0 Å². The maximum atomic E-state index is 6.03. The van der Waals surface area contributed by atoms with Crippen molar-refractivity contribution in [3.63, 3.8) is 0 Å². The van der Waals surface area contributed by atoms with Crippen LogP contribution in [0, 0.1) is 20.8 Å². The van der Waals surface area contributed by atoms with Crippen molar-refractivity contribution in [2.75, 3.05) is 6.54 Å². The largest absolute Gasteiger partial charge is 0.438 e. The summed E-state index contributed by atoms with van der Waals surface area (Å²) in [5, 5.41) is 0.718. The van der Waals surface area contributed by atoms with Gasteiger partial charge >= 0.3 is 0 Å². The Morgan fingerprint density at radius 3 is 2.30 bits per heavy atom. The molecule has 0 aliphatic carbocycles. The first kappa shape index (κ1) is 14.8. The van der Waals surface area contributed by atoms with E-state index in [1.165, 1.54) is 0 Å². The van der Waals surface area contributed by atoms with E-state index in [-0.39, 0.29) is 0 Å². The van der Waals surface area contributed by atoms with Crippen LogP contribution in [0.5, 0.6) is 11.6 Å². The molecule has 3 nitrogen and oxygen atoms in total. The summed E-state index contributed by atoms with van der Waals surface area (Å²) >= 11 is 6.03. The van der Waals surface area contributed by atoms with Gasteiger partial charge in [0.15, 0.2) is 0 Å². The van der Waals surface area contributed by atoms with Gasteiger partial charge in [0.25, 0.3) is 0 Å². The zero-order chi connectivity index (χ0) is 14.7. The van der Waals surface area contributed by atoms with E-state index in [2.05, 4.69) is 11.1 Å². The van der Waals surface area contributed by atoms with Crippen LogP contribution in [0.1, 0.15) is 22.3 Å². The first-order valence-corrected chi connectivity index (χ1v) is 6.99. The van der Waals surface area contributed by atoms with Crippen molar-refractivity contribution in [1.82, 2.24) is 4.98 Å².